The number of rotatable bonds is 6. The number of hydrogen-bond acceptors (Lipinski definition) is 7. The van der Waals surface area contributed by atoms with E-state index in [1.807, 2.05) is 17.6 Å². The van der Waals surface area contributed by atoms with Gasteiger partial charge in [-0.05, 0) is 12.8 Å². The van der Waals surface area contributed by atoms with Crippen molar-refractivity contribution >= 4 is 23.0 Å². The minimum Gasteiger partial charge on any atom is -0.379 e. The zero-order valence-electron chi connectivity index (χ0n) is 11.8. The van der Waals surface area contributed by atoms with E-state index >= 15 is 0 Å². The van der Waals surface area contributed by atoms with Gasteiger partial charge < -0.3 is 15.4 Å². The van der Waals surface area contributed by atoms with E-state index in [4.69, 9.17) is 4.74 Å². The van der Waals surface area contributed by atoms with Crippen LogP contribution in [0.5, 0.6) is 0 Å². The van der Waals surface area contributed by atoms with Gasteiger partial charge in [0.2, 0.25) is 0 Å². The molecule has 1 saturated heterocycles. The predicted molar refractivity (Wildman–Crippen MR) is 83.8 cm³/mol. The largest absolute Gasteiger partial charge is 0.379 e. The lowest BCUT2D eigenvalue weighted by atomic mass is 10.1. The molecular formula is C14H19N5OS. The standard InChI is InChI=1S/C14H19N5OS/c1-2-11(9-20-6-1)19-13-8-12(17-10-18-13)15-4-3-14-16-5-7-21-14/h5,7-8,10-11H,1-4,6,9H2,(H2,15,17,18,19)/t11-/m1/s1. The van der Waals surface area contributed by atoms with Gasteiger partial charge in [-0.1, -0.05) is 0 Å². The van der Waals surface area contributed by atoms with Crippen LogP contribution in [-0.4, -0.2) is 40.8 Å². The molecule has 21 heavy (non-hydrogen) atoms. The van der Waals surface area contributed by atoms with Crippen LogP contribution in [-0.2, 0) is 11.2 Å². The summed E-state index contributed by atoms with van der Waals surface area (Å²) in [5.74, 6) is 1.68. The summed E-state index contributed by atoms with van der Waals surface area (Å²) in [4.78, 5) is 12.8. The Morgan fingerprint density at radius 2 is 2.24 bits per heavy atom. The molecule has 0 aromatic carbocycles. The van der Waals surface area contributed by atoms with E-state index in [1.165, 1.54) is 0 Å². The zero-order valence-corrected chi connectivity index (χ0v) is 12.6. The summed E-state index contributed by atoms with van der Waals surface area (Å²) in [6.07, 6.45) is 6.54. The Hall–Kier alpha value is -1.73. The van der Waals surface area contributed by atoms with Gasteiger partial charge >= 0.3 is 0 Å². The van der Waals surface area contributed by atoms with Crippen LogP contribution in [0.3, 0.4) is 0 Å². The smallest absolute Gasteiger partial charge is 0.131 e. The first-order chi connectivity index (χ1) is 10.4. The fourth-order valence-electron chi connectivity index (χ4n) is 2.27. The summed E-state index contributed by atoms with van der Waals surface area (Å²) >= 11 is 1.67. The molecule has 1 fully saturated rings. The third kappa shape index (κ3) is 4.37. The summed E-state index contributed by atoms with van der Waals surface area (Å²) < 4.78 is 5.46. The number of thiazole rings is 1. The zero-order chi connectivity index (χ0) is 14.3. The van der Waals surface area contributed by atoms with E-state index in [0.717, 1.165) is 55.7 Å². The minimum absolute atomic E-state index is 0.344. The first-order valence-electron chi connectivity index (χ1n) is 7.19. The van der Waals surface area contributed by atoms with Crippen LogP contribution >= 0.6 is 11.3 Å². The van der Waals surface area contributed by atoms with Crippen molar-refractivity contribution in [2.75, 3.05) is 30.4 Å². The van der Waals surface area contributed by atoms with Crippen molar-refractivity contribution in [2.45, 2.75) is 25.3 Å². The molecule has 7 heteroatoms. The van der Waals surface area contributed by atoms with Crippen LogP contribution in [0, 0.1) is 0 Å². The van der Waals surface area contributed by atoms with Gasteiger partial charge in [0.05, 0.1) is 17.7 Å². The predicted octanol–water partition coefficient (Wildman–Crippen LogP) is 2.18. The highest BCUT2D eigenvalue weighted by atomic mass is 32.1. The van der Waals surface area contributed by atoms with Crippen LogP contribution in [0.25, 0.3) is 0 Å². The molecule has 0 saturated carbocycles. The monoisotopic (exact) mass is 305 g/mol. The highest BCUT2D eigenvalue weighted by Crippen LogP contribution is 2.14. The SMILES string of the molecule is c1nc(NCCc2nccs2)cc(N[C@@H]2CCCOC2)n1. The maximum atomic E-state index is 5.46. The summed E-state index contributed by atoms with van der Waals surface area (Å²) in [6, 6.07) is 2.29. The minimum atomic E-state index is 0.344. The fourth-order valence-corrected chi connectivity index (χ4v) is 2.89. The number of ether oxygens (including phenoxy) is 1. The second-order valence-corrected chi connectivity index (χ2v) is 5.93. The Morgan fingerprint density at radius 3 is 3.05 bits per heavy atom. The molecule has 0 unspecified atom stereocenters. The molecule has 2 aromatic heterocycles. The van der Waals surface area contributed by atoms with Crippen molar-refractivity contribution in [3.05, 3.63) is 29.0 Å². The summed E-state index contributed by atoms with van der Waals surface area (Å²) in [5, 5.41) is 9.83. The number of nitrogens with one attached hydrogen (secondary N) is 2. The molecule has 2 aromatic rings. The Morgan fingerprint density at radius 1 is 1.29 bits per heavy atom. The third-order valence-electron chi connectivity index (χ3n) is 3.31. The highest BCUT2D eigenvalue weighted by Gasteiger charge is 2.14. The van der Waals surface area contributed by atoms with Crippen molar-refractivity contribution in [1.82, 2.24) is 15.0 Å². The van der Waals surface area contributed by atoms with Gasteiger partial charge in [0.25, 0.3) is 0 Å². The number of hydrogen-bond donors (Lipinski definition) is 2. The molecule has 2 N–H and O–H groups in total. The maximum Gasteiger partial charge on any atom is 0.131 e. The Labute approximate surface area is 128 Å². The van der Waals surface area contributed by atoms with Crippen molar-refractivity contribution in [3.63, 3.8) is 0 Å². The maximum absolute atomic E-state index is 5.46. The van der Waals surface area contributed by atoms with Crippen molar-refractivity contribution in [1.29, 1.82) is 0 Å². The second kappa shape index (κ2) is 7.33. The van der Waals surface area contributed by atoms with Gasteiger partial charge in [0.15, 0.2) is 0 Å². The van der Waals surface area contributed by atoms with Crippen LogP contribution in [0.1, 0.15) is 17.8 Å². The molecule has 0 radical (unpaired) electrons. The van der Waals surface area contributed by atoms with Crippen molar-refractivity contribution in [3.8, 4) is 0 Å². The molecule has 0 spiro atoms. The van der Waals surface area contributed by atoms with Crippen molar-refractivity contribution < 1.29 is 4.74 Å². The normalized spacial score (nSPS) is 18.4. The lowest BCUT2D eigenvalue weighted by molar-refractivity contribution is 0.0875. The van der Waals surface area contributed by atoms with Crippen LogP contribution in [0.4, 0.5) is 11.6 Å². The lowest BCUT2D eigenvalue weighted by Crippen LogP contribution is -2.30. The van der Waals surface area contributed by atoms with Crippen LogP contribution < -0.4 is 10.6 Å². The topological polar surface area (TPSA) is 72.0 Å². The van der Waals surface area contributed by atoms with Gasteiger partial charge in [-0.25, -0.2) is 15.0 Å². The van der Waals surface area contributed by atoms with Gasteiger partial charge in [0.1, 0.15) is 18.0 Å². The Bertz CT molecular complexity index is 542. The van der Waals surface area contributed by atoms with E-state index < -0.39 is 0 Å². The van der Waals surface area contributed by atoms with Crippen LogP contribution in [0.15, 0.2) is 24.0 Å². The van der Waals surface area contributed by atoms with Crippen LogP contribution in [0.2, 0.25) is 0 Å². The third-order valence-corrected chi connectivity index (χ3v) is 4.15. The average Bonchev–Trinajstić information content (AvgIpc) is 3.02. The number of aromatic nitrogens is 3. The number of nitrogens with zero attached hydrogens (tertiary/aromatic N) is 3. The van der Waals surface area contributed by atoms with Gasteiger partial charge in [-0.2, -0.15) is 0 Å². The average molecular weight is 305 g/mol. The molecule has 1 aliphatic heterocycles. The highest BCUT2D eigenvalue weighted by molar-refractivity contribution is 7.09. The van der Waals surface area contributed by atoms with E-state index in [-0.39, 0.29) is 0 Å². The second-order valence-electron chi connectivity index (χ2n) is 4.95. The van der Waals surface area contributed by atoms with Gasteiger partial charge in [0, 0.05) is 37.2 Å². The van der Waals surface area contributed by atoms with E-state index in [1.54, 1.807) is 17.7 Å². The van der Waals surface area contributed by atoms with Crippen molar-refractivity contribution in [2.24, 2.45) is 0 Å². The molecule has 1 aliphatic rings. The molecule has 1 atom stereocenters. The van der Waals surface area contributed by atoms with E-state index in [9.17, 15) is 0 Å². The van der Waals surface area contributed by atoms with E-state index in [0.29, 0.717) is 6.04 Å². The fraction of sp³-hybridized carbons (Fsp3) is 0.500. The molecule has 112 valence electrons. The first-order valence-corrected chi connectivity index (χ1v) is 8.07. The molecule has 0 bridgehead atoms. The molecule has 3 rings (SSSR count). The first kappa shape index (κ1) is 14.2. The summed E-state index contributed by atoms with van der Waals surface area (Å²) in [6.45, 7) is 2.43. The van der Waals surface area contributed by atoms with Gasteiger partial charge in [-0.15, -0.1) is 11.3 Å². The molecule has 0 amide bonds. The summed E-state index contributed by atoms with van der Waals surface area (Å²) in [5.41, 5.74) is 0. The lowest BCUT2D eigenvalue weighted by Gasteiger charge is -2.23. The quantitative estimate of drug-likeness (QED) is 0.852. The number of anilines is 2. The van der Waals surface area contributed by atoms with E-state index in [2.05, 4.69) is 25.6 Å². The molecular weight excluding hydrogens is 286 g/mol. The molecule has 0 aliphatic carbocycles. The van der Waals surface area contributed by atoms with Gasteiger partial charge in [-0.3, -0.25) is 0 Å². The molecule has 3 heterocycles. The Balaban J connectivity index is 1.50. The summed E-state index contributed by atoms with van der Waals surface area (Å²) in [7, 11) is 0. The molecule has 6 nitrogen and oxygen atoms in total. The Kier molecular flexibility index (Phi) is 4.96.